The summed E-state index contributed by atoms with van der Waals surface area (Å²) in [5, 5.41) is 4.63. The van der Waals surface area contributed by atoms with Gasteiger partial charge in [0.1, 0.15) is 16.0 Å². The Morgan fingerprint density at radius 1 is 1.11 bits per heavy atom. The Morgan fingerprint density at radius 3 is 2.37 bits per heavy atom. The van der Waals surface area contributed by atoms with Crippen molar-refractivity contribution in [3.8, 4) is 22.8 Å². The van der Waals surface area contributed by atoms with Crippen LogP contribution >= 0.6 is 27.3 Å². The molecule has 5 nitrogen and oxygen atoms in total. The fourth-order valence-corrected chi connectivity index (χ4v) is 3.56. The Morgan fingerprint density at radius 2 is 1.78 bits per heavy atom. The van der Waals surface area contributed by atoms with E-state index in [-0.39, 0.29) is 0 Å². The van der Waals surface area contributed by atoms with Crippen LogP contribution in [0.4, 0.5) is 13.9 Å². The number of aromatic nitrogens is 1. The van der Waals surface area contributed by atoms with Crippen molar-refractivity contribution in [2.75, 3.05) is 19.5 Å². The fourth-order valence-electron chi connectivity index (χ4n) is 2.29. The van der Waals surface area contributed by atoms with E-state index < -0.39 is 17.5 Å². The average molecular weight is 455 g/mol. The molecule has 140 valence electrons. The molecule has 0 aliphatic heterocycles. The van der Waals surface area contributed by atoms with Crippen molar-refractivity contribution in [2.45, 2.75) is 0 Å². The van der Waals surface area contributed by atoms with Crippen molar-refractivity contribution in [3.63, 3.8) is 0 Å². The lowest BCUT2D eigenvalue weighted by Gasteiger charge is -2.11. The van der Waals surface area contributed by atoms with E-state index in [1.807, 2.05) is 0 Å². The lowest BCUT2D eigenvalue weighted by atomic mass is 10.1. The van der Waals surface area contributed by atoms with Gasteiger partial charge in [0.15, 0.2) is 16.8 Å². The van der Waals surface area contributed by atoms with Crippen LogP contribution in [0.1, 0.15) is 10.4 Å². The first kappa shape index (κ1) is 19.2. The van der Waals surface area contributed by atoms with Gasteiger partial charge in [-0.05, 0) is 46.3 Å². The molecule has 0 saturated heterocycles. The molecule has 9 heteroatoms. The Bertz CT molecular complexity index is 985. The SMILES string of the molecule is COc1cc(C(=O)Nc2nc(-c3ccc(F)c(F)c3)cs2)cc(OC)c1Br. The summed E-state index contributed by atoms with van der Waals surface area (Å²) in [6, 6.07) is 6.63. The van der Waals surface area contributed by atoms with Crippen molar-refractivity contribution in [1.82, 2.24) is 4.98 Å². The summed E-state index contributed by atoms with van der Waals surface area (Å²) in [6.45, 7) is 0. The van der Waals surface area contributed by atoms with E-state index >= 15 is 0 Å². The molecule has 3 rings (SSSR count). The number of thiazole rings is 1. The van der Waals surface area contributed by atoms with Gasteiger partial charge >= 0.3 is 0 Å². The maximum Gasteiger partial charge on any atom is 0.257 e. The first-order valence-corrected chi connectivity index (χ1v) is 9.24. The maximum atomic E-state index is 13.4. The van der Waals surface area contributed by atoms with Gasteiger partial charge in [0.05, 0.1) is 19.9 Å². The summed E-state index contributed by atoms with van der Waals surface area (Å²) in [5.41, 5.74) is 1.16. The molecule has 3 aromatic rings. The lowest BCUT2D eigenvalue weighted by molar-refractivity contribution is 0.102. The summed E-state index contributed by atoms with van der Waals surface area (Å²) in [7, 11) is 2.96. The van der Waals surface area contributed by atoms with Crippen molar-refractivity contribution < 1.29 is 23.0 Å². The zero-order valence-electron chi connectivity index (χ0n) is 14.2. The molecule has 0 spiro atoms. The standard InChI is InChI=1S/C18H13BrF2N2O3S/c1-25-14-6-10(7-15(26-2)16(14)19)17(24)23-18-22-13(8-27-18)9-3-4-11(20)12(21)5-9/h3-8H,1-2H3,(H,22,23,24). The summed E-state index contributed by atoms with van der Waals surface area (Å²) in [4.78, 5) is 16.8. The van der Waals surface area contributed by atoms with Crippen molar-refractivity contribution in [1.29, 1.82) is 0 Å². The van der Waals surface area contributed by atoms with E-state index in [1.54, 1.807) is 17.5 Å². The van der Waals surface area contributed by atoms with Gasteiger partial charge in [-0.1, -0.05) is 0 Å². The Hall–Kier alpha value is -2.52. The van der Waals surface area contributed by atoms with E-state index in [2.05, 4.69) is 26.2 Å². The Balaban J connectivity index is 1.83. The Labute approximate surface area is 166 Å². The predicted molar refractivity (Wildman–Crippen MR) is 103 cm³/mol. The topological polar surface area (TPSA) is 60.5 Å². The highest BCUT2D eigenvalue weighted by atomic mass is 79.9. The molecule has 1 amide bonds. The number of hydrogen-bond donors (Lipinski definition) is 1. The first-order chi connectivity index (χ1) is 12.9. The number of carbonyl (C=O) groups excluding carboxylic acids is 1. The quantitative estimate of drug-likeness (QED) is 0.580. The van der Waals surface area contributed by atoms with Crippen LogP contribution in [0, 0.1) is 11.6 Å². The van der Waals surface area contributed by atoms with Crippen molar-refractivity contribution >= 4 is 38.3 Å². The van der Waals surface area contributed by atoms with Crippen LogP contribution in [-0.2, 0) is 0 Å². The predicted octanol–water partition coefficient (Wildman–Crippen LogP) is 5.12. The van der Waals surface area contributed by atoms with E-state index in [1.165, 1.54) is 31.6 Å². The highest BCUT2D eigenvalue weighted by Gasteiger charge is 2.16. The number of hydrogen-bond acceptors (Lipinski definition) is 5. The third kappa shape index (κ3) is 4.09. The number of anilines is 1. The van der Waals surface area contributed by atoms with Crippen LogP contribution in [-0.4, -0.2) is 25.1 Å². The molecule has 27 heavy (non-hydrogen) atoms. The Kier molecular flexibility index (Phi) is 5.71. The number of rotatable bonds is 5. The summed E-state index contributed by atoms with van der Waals surface area (Å²) in [5.74, 6) is -1.41. The van der Waals surface area contributed by atoms with Crippen molar-refractivity contribution in [2.24, 2.45) is 0 Å². The molecule has 1 aromatic heterocycles. The van der Waals surface area contributed by atoms with Crippen LogP contribution in [0.3, 0.4) is 0 Å². The van der Waals surface area contributed by atoms with Crippen LogP contribution < -0.4 is 14.8 Å². The van der Waals surface area contributed by atoms with E-state index in [9.17, 15) is 13.6 Å². The molecule has 0 radical (unpaired) electrons. The van der Waals surface area contributed by atoms with Crippen LogP contribution in [0.2, 0.25) is 0 Å². The minimum atomic E-state index is -0.958. The third-order valence-corrected chi connectivity index (χ3v) is 5.19. The zero-order valence-corrected chi connectivity index (χ0v) is 16.6. The number of amides is 1. The second-order valence-corrected chi connectivity index (χ2v) is 6.97. The molecule has 1 N–H and O–H groups in total. The molecule has 0 saturated carbocycles. The second-order valence-electron chi connectivity index (χ2n) is 5.32. The fraction of sp³-hybridized carbons (Fsp3) is 0.111. The summed E-state index contributed by atoms with van der Waals surface area (Å²) in [6.07, 6.45) is 0. The van der Waals surface area contributed by atoms with Gasteiger partial charge in [-0.3, -0.25) is 10.1 Å². The number of methoxy groups -OCH3 is 2. The summed E-state index contributed by atoms with van der Waals surface area (Å²) < 4.78 is 37.5. The zero-order chi connectivity index (χ0) is 19.6. The number of nitrogens with one attached hydrogen (secondary N) is 1. The highest BCUT2D eigenvalue weighted by molar-refractivity contribution is 9.10. The minimum Gasteiger partial charge on any atom is -0.495 e. The van der Waals surface area contributed by atoms with Crippen molar-refractivity contribution in [3.05, 3.63) is 57.4 Å². The van der Waals surface area contributed by atoms with Gasteiger partial charge in [-0.15, -0.1) is 11.3 Å². The number of nitrogens with zero attached hydrogens (tertiary/aromatic N) is 1. The van der Waals surface area contributed by atoms with Gasteiger partial charge in [0.25, 0.3) is 5.91 Å². The largest absolute Gasteiger partial charge is 0.495 e. The van der Waals surface area contributed by atoms with Gasteiger partial charge in [0, 0.05) is 16.5 Å². The molecular weight excluding hydrogens is 442 g/mol. The summed E-state index contributed by atoms with van der Waals surface area (Å²) >= 11 is 4.51. The second kappa shape index (κ2) is 8.01. The van der Waals surface area contributed by atoms with E-state index in [0.29, 0.717) is 37.9 Å². The smallest absolute Gasteiger partial charge is 0.257 e. The molecule has 0 fully saturated rings. The molecular formula is C18H13BrF2N2O3S. The van der Waals surface area contributed by atoms with Crippen LogP contribution in [0.15, 0.2) is 40.2 Å². The highest BCUT2D eigenvalue weighted by Crippen LogP contribution is 2.36. The maximum absolute atomic E-state index is 13.4. The van der Waals surface area contributed by atoms with Crippen LogP contribution in [0.5, 0.6) is 11.5 Å². The van der Waals surface area contributed by atoms with Gasteiger partial charge < -0.3 is 9.47 Å². The van der Waals surface area contributed by atoms with Crippen LogP contribution in [0.25, 0.3) is 11.3 Å². The van der Waals surface area contributed by atoms with E-state index in [0.717, 1.165) is 12.1 Å². The molecule has 1 heterocycles. The molecule has 0 aliphatic rings. The molecule has 0 atom stereocenters. The number of benzene rings is 2. The lowest BCUT2D eigenvalue weighted by Crippen LogP contribution is -2.12. The molecule has 0 bridgehead atoms. The molecule has 0 aliphatic carbocycles. The molecule has 0 unspecified atom stereocenters. The van der Waals surface area contributed by atoms with E-state index in [4.69, 9.17) is 9.47 Å². The van der Waals surface area contributed by atoms with Gasteiger partial charge in [0.2, 0.25) is 0 Å². The average Bonchev–Trinajstić information content (AvgIpc) is 3.12. The number of carbonyl (C=O) groups is 1. The third-order valence-electron chi connectivity index (χ3n) is 3.65. The monoisotopic (exact) mass is 454 g/mol. The van der Waals surface area contributed by atoms with Gasteiger partial charge in [-0.25, -0.2) is 13.8 Å². The normalized spacial score (nSPS) is 10.6. The first-order valence-electron chi connectivity index (χ1n) is 7.56. The minimum absolute atomic E-state index is 0.316. The number of ether oxygens (including phenoxy) is 2. The molecule has 2 aromatic carbocycles. The van der Waals surface area contributed by atoms with Gasteiger partial charge in [-0.2, -0.15) is 0 Å². The number of halogens is 3.